The molecule has 11 heteroatoms. The van der Waals surface area contributed by atoms with Crippen molar-refractivity contribution in [2.75, 3.05) is 0 Å². The minimum Gasteiger partial charge on any atom is -0.693 e. The number of ether oxygens (including phenoxy) is 1. The van der Waals surface area contributed by atoms with Crippen LogP contribution < -0.4 is 10.2 Å². The summed E-state index contributed by atoms with van der Waals surface area (Å²) in [5.74, 6) is -4.46. The van der Waals surface area contributed by atoms with Crippen LogP contribution in [0, 0.1) is 5.41 Å². The fourth-order valence-electron chi connectivity index (χ4n) is 2.36. The largest absolute Gasteiger partial charge is 4.00 e. The molecule has 2 aliphatic carbocycles. The Morgan fingerprint density at radius 2 is 1.50 bits per heavy atom. The van der Waals surface area contributed by atoms with Crippen LogP contribution in [0.3, 0.4) is 0 Å². The van der Waals surface area contributed by atoms with E-state index in [0.717, 1.165) is 12.8 Å². The molecule has 0 aliphatic heterocycles. The van der Waals surface area contributed by atoms with Gasteiger partial charge in [-0.05, 0) is 0 Å². The van der Waals surface area contributed by atoms with E-state index >= 15 is 0 Å². The SMILES string of the molecule is O=C(OC1CC(C(=O)[O-])(C(=O)[O-])C1)C(Cl)Cl.[NH-]C1CCCC1.[NH2-].[Pt+4]. The van der Waals surface area contributed by atoms with Gasteiger partial charge < -0.3 is 36.4 Å². The number of rotatable bonds is 4. The third kappa shape index (κ3) is 6.84. The van der Waals surface area contributed by atoms with E-state index in [9.17, 15) is 24.6 Å². The summed E-state index contributed by atoms with van der Waals surface area (Å²) in [7, 11) is 0. The molecule has 24 heavy (non-hydrogen) atoms. The molecule has 0 saturated heterocycles. The van der Waals surface area contributed by atoms with Crippen LogP contribution in [0.5, 0.6) is 0 Å². The second-order valence-corrected chi connectivity index (χ2v) is 6.50. The van der Waals surface area contributed by atoms with Crippen LogP contribution in [-0.2, 0) is 40.2 Å². The number of carboxylic acids is 2. The number of nitrogens with two attached hydrogens (primary N) is 1. The van der Waals surface area contributed by atoms with Gasteiger partial charge in [-0.1, -0.05) is 48.9 Å². The molecule has 0 atom stereocenters. The predicted molar refractivity (Wildman–Crippen MR) is 78.9 cm³/mol. The normalized spacial score (nSPS) is 19.0. The van der Waals surface area contributed by atoms with Gasteiger partial charge in [-0.15, -0.1) is 6.04 Å². The van der Waals surface area contributed by atoms with Gasteiger partial charge in [0.2, 0.25) is 4.84 Å². The van der Waals surface area contributed by atoms with Gasteiger partial charge >= 0.3 is 27.0 Å². The topological polar surface area (TPSA) is 164 Å². The van der Waals surface area contributed by atoms with E-state index in [4.69, 9.17) is 28.9 Å². The second-order valence-electron chi connectivity index (χ2n) is 5.41. The fraction of sp³-hybridized carbons (Fsp3) is 0.769. The molecule has 0 heterocycles. The molecule has 2 rings (SSSR count). The molecule has 2 fully saturated rings. The molecule has 140 valence electrons. The van der Waals surface area contributed by atoms with Gasteiger partial charge in [0.15, 0.2) is 0 Å². The first-order valence-electron chi connectivity index (χ1n) is 6.81. The Morgan fingerprint density at radius 1 is 1.08 bits per heavy atom. The van der Waals surface area contributed by atoms with Crippen LogP contribution in [0.2, 0.25) is 0 Å². The maximum atomic E-state index is 10.9. The van der Waals surface area contributed by atoms with Crippen molar-refractivity contribution in [3.8, 4) is 0 Å². The van der Waals surface area contributed by atoms with E-state index in [-0.39, 0.29) is 27.2 Å². The number of halogens is 2. The van der Waals surface area contributed by atoms with Crippen molar-refractivity contribution in [1.82, 2.24) is 0 Å². The summed E-state index contributed by atoms with van der Waals surface area (Å²) >= 11 is 10.4. The predicted octanol–water partition coefficient (Wildman–Crippen LogP) is 0.678. The Morgan fingerprint density at radius 3 is 1.75 bits per heavy atom. The number of alkyl halides is 2. The summed E-state index contributed by atoms with van der Waals surface area (Å²) in [6, 6.07) is 0.296. The standard InChI is InChI=1S/C8H8Cl2O6.C5H10N.H2N.Pt/c9-4(10)5(11)16-3-1-8(2-3,6(12)13)7(14)15;6-5-3-1-2-4-5;;/h3-4H,1-2H2,(H,12,13)(H,14,15);5-6H,1-4H2;1H2;/q;2*-1;+4/p-2. The Balaban J connectivity index is 0. The van der Waals surface area contributed by atoms with Gasteiger partial charge in [0.05, 0.1) is 17.4 Å². The first kappa shape index (κ1) is 25.8. The van der Waals surface area contributed by atoms with Crippen LogP contribution in [-0.4, -0.2) is 34.9 Å². The molecule has 0 aromatic rings. The number of aliphatic carboxylic acids is 2. The van der Waals surface area contributed by atoms with E-state index < -0.39 is 47.1 Å². The molecule has 0 aromatic heterocycles. The zero-order chi connectivity index (χ0) is 16.9. The van der Waals surface area contributed by atoms with Crippen molar-refractivity contribution < 1.29 is 50.4 Å². The number of carboxylic acid groups (broad SMARTS) is 2. The minimum absolute atomic E-state index is 0. The summed E-state index contributed by atoms with van der Waals surface area (Å²) < 4.78 is 4.62. The van der Waals surface area contributed by atoms with Gasteiger partial charge in [0.25, 0.3) is 0 Å². The first-order chi connectivity index (χ1) is 10.2. The molecule has 0 spiro atoms. The number of esters is 1. The van der Waals surface area contributed by atoms with Gasteiger partial charge in [-0.25, -0.2) is 4.79 Å². The zero-order valence-corrected chi connectivity index (χ0v) is 16.4. The maximum absolute atomic E-state index is 10.9. The third-order valence-electron chi connectivity index (χ3n) is 3.75. The third-order valence-corrected chi connectivity index (χ3v) is 4.11. The van der Waals surface area contributed by atoms with Gasteiger partial charge in [-0.3, -0.25) is 0 Å². The molecule has 0 amide bonds. The Labute approximate surface area is 164 Å². The summed E-state index contributed by atoms with van der Waals surface area (Å²) in [5.41, 5.74) is 5.05. The summed E-state index contributed by atoms with van der Waals surface area (Å²) in [4.78, 5) is 30.7. The molecule has 0 radical (unpaired) electrons. The van der Waals surface area contributed by atoms with E-state index in [0.29, 0.717) is 6.04 Å². The Hall–Kier alpha value is -0.402. The summed E-state index contributed by atoms with van der Waals surface area (Å²) in [6.07, 6.45) is 3.26. The molecule has 2 aliphatic rings. The zero-order valence-electron chi connectivity index (χ0n) is 12.6. The summed E-state index contributed by atoms with van der Waals surface area (Å²) in [5, 5.41) is 21.2. The Kier molecular flexibility index (Phi) is 12.1. The number of carbonyl (C=O) groups excluding carboxylic acids is 3. The Bertz CT molecular complexity index is 424. The molecule has 0 bridgehead atoms. The molecule has 0 aromatic carbocycles. The second kappa shape index (κ2) is 11.3. The average molecular weight is 564 g/mol. The van der Waals surface area contributed by atoms with Crippen molar-refractivity contribution in [2.24, 2.45) is 5.41 Å². The van der Waals surface area contributed by atoms with Crippen molar-refractivity contribution in [1.29, 1.82) is 0 Å². The molecule has 0 unspecified atom stereocenters. The maximum Gasteiger partial charge on any atom is 4.00 e. The molecule has 8 nitrogen and oxygen atoms in total. The van der Waals surface area contributed by atoms with E-state index in [2.05, 4.69) is 4.74 Å². The van der Waals surface area contributed by atoms with Crippen LogP contribution in [0.1, 0.15) is 38.5 Å². The van der Waals surface area contributed by atoms with Gasteiger partial charge in [0, 0.05) is 12.8 Å². The van der Waals surface area contributed by atoms with Crippen molar-refractivity contribution in [3.05, 3.63) is 11.9 Å². The van der Waals surface area contributed by atoms with E-state index in [1.54, 1.807) is 0 Å². The van der Waals surface area contributed by atoms with Crippen molar-refractivity contribution in [2.45, 2.75) is 55.5 Å². The summed E-state index contributed by atoms with van der Waals surface area (Å²) in [6.45, 7) is 0. The van der Waals surface area contributed by atoms with Gasteiger partial charge in [0.1, 0.15) is 6.10 Å². The van der Waals surface area contributed by atoms with Crippen molar-refractivity contribution >= 4 is 41.1 Å². The molecule has 3 N–H and O–H groups in total. The molecular formula is C13H18Cl2N2O6Pt. The first-order valence-corrected chi connectivity index (χ1v) is 7.69. The monoisotopic (exact) mass is 563 g/mol. The quantitative estimate of drug-likeness (QED) is 0.277. The number of hydrogen-bond donors (Lipinski definition) is 0. The van der Waals surface area contributed by atoms with Crippen molar-refractivity contribution in [3.63, 3.8) is 0 Å². The number of nitrogens with one attached hydrogen (secondary N) is 1. The van der Waals surface area contributed by atoms with E-state index in [1.165, 1.54) is 12.8 Å². The minimum atomic E-state index is -2.08. The van der Waals surface area contributed by atoms with Gasteiger partial charge in [-0.2, -0.15) is 0 Å². The van der Waals surface area contributed by atoms with Crippen LogP contribution in [0.15, 0.2) is 0 Å². The molecular weight excluding hydrogens is 546 g/mol. The smallest absolute Gasteiger partial charge is 0.693 e. The number of carbonyl (C=O) groups is 3. The molecule has 2 saturated carbocycles. The number of hydrogen-bond acceptors (Lipinski definition) is 6. The van der Waals surface area contributed by atoms with E-state index in [1.807, 2.05) is 0 Å². The van der Waals surface area contributed by atoms with Crippen LogP contribution >= 0.6 is 23.2 Å². The fourth-order valence-corrected chi connectivity index (χ4v) is 2.46. The average Bonchev–Trinajstić information content (AvgIpc) is 2.83. The van der Waals surface area contributed by atoms with Crippen LogP contribution in [0.25, 0.3) is 11.9 Å². The van der Waals surface area contributed by atoms with Crippen LogP contribution in [0.4, 0.5) is 0 Å².